The van der Waals surface area contributed by atoms with Gasteiger partial charge >= 0.3 is 11.9 Å². The molecule has 4 atom stereocenters. The molecule has 0 aliphatic heterocycles. The molecular weight excluding hydrogens is 342 g/mol. The highest BCUT2D eigenvalue weighted by molar-refractivity contribution is 5.90. The number of hydrogen-bond donors (Lipinski definition) is 5. The summed E-state index contributed by atoms with van der Waals surface area (Å²) in [5.74, 6) is -3.55. The van der Waals surface area contributed by atoms with E-state index in [9.17, 15) is 24.3 Å². The first-order chi connectivity index (χ1) is 12.0. The van der Waals surface area contributed by atoms with E-state index < -0.39 is 41.9 Å². The SMILES string of the molecule is CCC(C)C(NC(=O)CCC(N)C(=O)O)C(=O)NC(CC(C)C)C(=O)O. The summed E-state index contributed by atoms with van der Waals surface area (Å²) in [7, 11) is 0. The van der Waals surface area contributed by atoms with Crippen molar-refractivity contribution in [3.05, 3.63) is 0 Å². The molecule has 26 heavy (non-hydrogen) atoms. The molecule has 0 rings (SSSR count). The average molecular weight is 373 g/mol. The summed E-state index contributed by atoms with van der Waals surface area (Å²) in [6.07, 6.45) is 0.674. The quantitative estimate of drug-likeness (QED) is 0.329. The van der Waals surface area contributed by atoms with Gasteiger partial charge in [0.2, 0.25) is 11.8 Å². The summed E-state index contributed by atoms with van der Waals surface area (Å²) >= 11 is 0. The Balaban J connectivity index is 4.96. The Morgan fingerprint density at radius 2 is 1.58 bits per heavy atom. The van der Waals surface area contributed by atoms with Crippen molar-refractivity contribution in [3.8, 4) is 0 Å². The predicted octanol–water partition coefficient (Wildman–Crippen LogP) is 0.325. The second kappa shape index (κ2) is 11.5. The summed E-state index contributed by atoms with van der Waals surface area (Å²) in [6, 6.07) is -3.09. The Labute approximate surface area is 153 Å². The molecule has 0 heterocycles. The highest BCUT2D eigenvalue weighted by atomic mass is 16.4. The van der Waals surface area contributed by atoms with E-state index >= 15 is 0 Å². The normalized spacial score (nSPS) is 15.6. The molecule has 0 saturated carbocycles. The number of hydrogen-bond acceptors (Lipinski definition) is 5. The minimum absolute atomic E-state index is 0.0545. The van der Waals surface area contributed by atoms with Gasteiger partial charge in [-0.25, -0.2) is 4.79 Å². The lowest BCUT2D eigenvalue weighted by atomic mass is 9.96. The largest absolute Gasteiger partial charge is 0.480 e. The van der Waals surface area contributed by atoms with Gasteiger partial charge < -0.3 is 26.6 Å². The molecule has 0 spiro atoms. The van der Waals surface area contributed by atoms with Gasteiger partial charge in [0.15, 0.2) is 0 Å². The second-order valence-corrected chi connectivity index (χ2v) is 6.94. The molecule has 0 radical (unpaired) electrons. The molecule has 0 aliphatic carbocycles. The Hall–Kier alpha value is -2.16. The molecule has 0 fully saturated rings. The number of amides is 2. The lowest BCUT2D eigenvalue weighted by Crippen LogP contribution is -2.54. The first kappa shape index (κ1) is 23.8. The number of carboxylic acid groups (broad SMARTS) is 2. The van der Waals surface area contributed by atoms with Crippen LogP contribution in [0.25, 0.3) is 0 Å². The number of rotatable bonds is 12. The molecule has 0 aromatic heterocycles. The number of nitrogens with one attached hydrogen (secondary N) is 2. The third kappa shape index (κ3) is 8.80. The zero-order valence-corrected chi connectivity index (χ0v) is 15.8. The van der Waals surface area contributed by atoms with Crippen LogP contribution in [-0.2, 0) is 19.2 Å². The lowest BCUT2D eigenvalue weighted by Gasteiger charge is -2.26. The van der Waals surface area contributed by atoms with Gasteiger partial charge in [-0.2, -0.15) is 0 Å². The Bertz CT molecular complexity index is 509. The van der Waals surface area contributed by atoms with E-state index in [2.05, 4.69) is 10.6 Å². The van der Waals surface area contributed by atoms with Crippen molar-refractivity contribution in [2.24, 2.45) is 17.6 Å². The monoisotopic (exact) mass is 373 g/mol. The summed E-state index contributed by atoms with van der Waals surface area (Å²) in [5.41, 5.74) is 5.36. The summed E-state index contributed by atoms with van der Waals surface area (Å²) in [4.78, 5) is 46.6. The molecule has 0 saturated heterocycles. The van der Waals surface area contributed by atoms with Crippen LogP contribution < -0.4 is 16.4 Å². The topological polar surface area (TPSA) is 159 Å². The molecule has 0 aromatic rings. The molecule has 2 amide bonds. The van der Waals surface area contributed by atoms with E-state index in [1.165, 1.54) is 0 Å². The van der Waals surface area contributed by atoms with Gasteiger partial charge in [0.05, 0.1) is 0 Å². The van der Waals surface area contributed by atoms with Crippen LogP contribution in [0.3, 0.4) is 0 Å². The van der Waals surface area contributed by atoms with E-state index in [0.717, 1.165) is 0 Å². The van der Waals surface area contributed by atoms with E-state index in [0.29, 0.717) is 6.42 Å². The number of carbonyl (C=O) groups excluding carboxylic acids is 2. The molecule has 9 heteroatoms. The van der Waals surface area contributed by atoms with Gasteiger partial charge in [-0.3, -0.25) is 14.4 Å². The number of carbonyl (C=O) groups is 4. The molecule has 9 nitrogen and oxygen atoms in total. The minimum atomic E-state index is -1.20. The van der Waals surface area contributed by atoms with Crippen molar-refractivity contribution in [2.75, 3.05) is 0 Å². The van der Waals surface area contributed by atoms with E-state index in [1.54, 1.807) is 6.92 Å². The lowest BCUT2D eigenvalue weighted by molar-refractivity contribution is -0.143. The smallest absolute Gasteiger partial charge is 0.326 e. The first-order valence-electron chi connectivity index (χ1n) is 8.80. The third-order valence-electron chi connectivity index (χ3n) is 4.13. The maximum absolute atomic E-state index is 12.5. The van der Waals surface area contributed by atoms with Crippen LogP contribution in [0.4, 0.5) is 0 Å². The van der Waals surface area contributed by atoms with Crippen LogP contribution in [0, 0.1) is 11.8 Å². The summed E-state index contributed by atoms with van der Waals surface area (Å²) in [5, 5.41) is 23.0. The van der Waals surface area contributed by atoms with E-state index in [1.807, 2.05) is 20.8 Å². The number of carboxylic acids is 2. The summed E-state index contributed by atoms with van der Waals surface area (Å²) in [6.45, 7) is 7.31. The van der Waals surface area contributed by atoms with Crippen molar-refractivity contribution in [1.29, 1.82) is 0 Å². The van der Waals surface area contributed by atoms with Gasteiger partial charge in [-0.15, -0.1) is 0 Å². The van der Waals surface area contributed by atoms with Gasteiger partial charge in [0.1, 0.15) is 18.1 Å². The Morgan fingerprint density at radius 1 is 1.00 bits per heavy atom. The van der Waals surface area contributed by atoms with Crippen molar-refractivity contribution < 1.29 is 29.4 Å². The van der Waals surface area contributed by atoms with Gasteiger partial charge in [-0.05, 0) is 24.7 Å². The average Bonchev–Trinajstić information content (AvgIpc) is 2.55. The molecular formula is C17H31N3O6. The predicted molar refractivity (Wildman–Crippen MR) is 95.3 cm³/mol. The van der Waals surface area contributed by atoms with Crippen LogP contribution >= 0.6 is 0 Å². The molecule has 150 valence electrons. The fraction of sp³-hybridized carbons (Fsp3) is 0.765. The summed E-state index contributed by atoms with van der Waals surface area (Å²) < 4.78 is 0. The zero-order valence-electron chi connectivity index (χ0n) is 15.8. The molecule has 0 aromatic carbocycles. The van der Waals surface area contributed by atoms with Crippen LogP contribution in [0.2, 0.25) is 0 Å². The highest BCUT2D eigenvalue weighted by Crippen LogP contribution is 2.11. The van der Waals surface area contributed by atoms with Gasteiger partial charge in [0, 0.05) is 6.42 Å². The van der Waals surface area contributed by atoms with Crippen LogP contribution in [-0.4, -0.2) is 52.1 Å². The van der Waals surface area contributed by atoms with Crippen LogP contribution in [0.1, 0.15) is 53.4 Å². The second-order valence-electron chi connectivity index (χ2n) is 6.94. The standard InChI is InChI=1S/C17H31N3O6/c1-5-10(4)14(20-13(21)7-6-11(18)16(23)24)15(22)19-12(17(25)26)8-9(2)3/h9-12,14H,5-8,18H2,1-4H3,(H,19,22)(H,20,21)(H,23,24)(H,25,26). The van der Waals surface area contributed by atoms with Crippen LogP contribution in [0.15, 0.2) is 0 Å². The van der Waals surface area contributed by atoms with E-state index in [-0.39, 0.29) is 31.1 Å². The van der Waals surface area contributed by atoms with Crippen molar-refractivity contribution in [3.63, 3.8) is 0 Å². The van der Waals surface area contributed by atoms with Crippen LogP contribution in [0.5, 0.6) is 0 Å². The molecule has 6 N–H and O–H groups in total. The van der Waals surface area contributed by atoms with E-state index in [4.69, 9.17) is 10.8 Å². The Morgan fingerprint density at radius 3 is 2.00 bits per heavy atom. The fourth-order valence-corrected chi connectivity index (χ4v) is 2.31. The molecule has 0 bridgehead atoms. The fourth-order valence-electron chi connectivity index (χ4n) is 2.31. The Kier molecular flexibility index (Phi) is 10.5. The third-order valence-corrected chi connectivity index (χ3v) is 4.13. The van der Waals surface area contributed by atoms with Crippen molar-refractivity contribution in [1.82, 2.24) is 10.6 Å². The first-order valence-corrected chi connectivity index (χ1v) is 8.80. The number of aliphatic carboxylic acids is 2. The number of nitrogens with two attached hydrogens (primary N) is 1. The minimum Gasteiger partial charge on any atom is -0.480 e. The van der Waals surface area contributed by atoms with Gasteiger partial charge in [0.25, 0.3) is 0 Å². The van der Waals surface area contributed by atoms with Crippen molar-refractivity contribution in [2.45, 2.75) is 71.5 Å². The maximum atomic E-state index is 12.5. The van der Waals surface area contributed by atoms with Gasteiger partial charge in [-0.1, -0.05) is 34.1 Å². The highest BCUT2D eigenvalue weighted by Gasteiger charge is 2.30. The molecule has 0 aliphatic rings. The zero-order chi connectivity index (χ0) is 20.4. The molecule has 4 unspecified atom stereocenters. The van der Waals surface area contributed by atoms with Crippen molar-refractivity contribution >= 4 is 23.8 Å². The maximum Gasteiger partial charge on any atom is 0.326 e.